The number of carboxylic acids is 1. The van der Waals surface area contributed by atoms with Gasteiger partial charge in [0.2, 0.25) is 0 Å². The zero-order valence-corrected chi connectivity index (χ0v) is 12.7. The highest BCUT2D eigenvalue weighted by Crippen LogP contribution is 2.23. The Bertz CT molecular complexity index is 782. The summed E-state index contributed by atoms with van der Waals surface area (Å²) in [4.78, 5) is 11.0. The van der Waals surface area contributed by atoms with Crippen molar-refractivity contribution in [2.24, 2.45) is 5.10 Å². The first-order valence-electron chi connectivity index (χ1n) is 6.59. The summed E-state index contributed by atoms with van der Waals surface area (Å²) in [6, 6.07) is 11.6. The maximum Gasteiger partial charge on any atom is 0.335 e. The Morgan fingerprint density at radius 2 is 2.17 bits per heavy atom. The van der Waals surface area contributed by atoms with Gasteiger partial charge in [0.15, 0.2) is 0 Å². The third kappa shape index (κ3) is 4.50. The number of hydrazone groups is 1. The maximum atomic E-state index is 11.0. The molecule has 0 aliphatic heterocycles. The van der Waals surface area contributed by atoms with Gasteiger partial charge in [0.25, 0.3) is 0 Å². The van der Waals surface area contributed by atoms with Gasteiger partial charge in [0, 0.05) is 5.56 Å². The van der Waals surface area contributed by atoms with Crippen molar-refractivity contribution in [1.82, 2.24) is 0 Å². The van der Waals surface area contributed by atoms with Gasteiger partial charge in [-0.1, -0.05) is 29.7 Å². The molecule has 0 atom stereocenters. The lowest BCUT2D eigenvalue weighted by atomic mass is 10.2. The summed E-state index contributed by atoms with van der Waals surface area (Å²) in [6.45, 7) is 0.158. The number of nitrogens with zero attached hydrogens (tertiary/aromatic N) is 1. The summed E-state index contributed by atoms with van der Waals surface area (Å²) >= 11 is 6.01. The number of benzene rings is 2. The van der Waals surface area contributed by atoms with Crippen molar-refractivity contribution in [2.45, 2.75) is 0 Å². The van der Waals surface area contributed by atoms with Crippen molar-refractivity contribution in [2.75, 3.05) is 12.0 Å². The van der Waals surface area contributed by atoms with Crippen LogP contribution in [0.1, 0.15) is 15.9 Å². The lowest BCUT2D eigenvalue weighted by Crippen LogP contribution is -2.00. The molecule has 0 bridgehead atoms. The van der Waals surface area contributed by atoms with Crippen molar-refractivity contribution in [3.8, 4) is 18.1 Å². The first-order chi connectivity index (χ1) is 11.1. The van der Waals surface area contributed by atoms with Crippen LogP contribution in [0, 0.1) is 12.3 Å². The number of hydrogen-bond donors (Lipinski definition) is 2. The lowest BCUT2D eigenvalue weighted by molar-refractivity contribution is 0.0697. The molecule has 0 aliphatic carbocycles. The van der Waals surface area contributed by atoms with Crippen LogP contribution in [0.3, 0.4) is 0 Å². The highest BCUT2D eigenvalue weighted by atomic mass is 35.5. The molecule has 0 amide bonds. The number of carbonyl (C=O) groups is 1. The Balaban J connectivity index is 2.15. The van der Waals surface area contributed by atoms with Gasteiger partial charge in [-0.15, -0.1) is 6.42 Å². The Labute approximate surface area is 138 Å². The second-order valence-corrected chi connectivity index (χ2v) is 4.81. The summed E-state index contributed by atoms with van der Waals surface area (Å²) in [6.07, 6.45) is 6.71. The van der Waals surface area contributed by atoms with Gasteiger partial charge >= 0.3 is 5.97 Å². The molecule has 0 saturated heterocycles. The number of ether oxygens (including phenoxy) is 1. The van der Waals surface area contributed by atoms with Gasteiger partial charge in [0.05, 0.1) is 22.5 Å². The molecular weight excluding hydrogens is 316 g/mol. The van der Waals surface area contributed by atoms with E-state index in [1.807, 2.05) is 18.2 Å². The molecule has 0 aliphatic rings. The molecule has 0 radical (unpaired) electrons. The standard InChI is InChI=1S/C17H13ClN2O3/c1-2-9-23-16-6-4-3-5-13(16)11-19-20-15-10-12(17(21)22)7-8-14(15)18/h1,3-8,10-11,20H,9H2,(H,21,22)/b19-11-. The number of halogens is 1. The zero-order valence-electron chi connectivity index (χ0n) is 12.0. The largest absolute Gasteiger partial charge is 0.480 e. The van der Waals surface area contributed by atoms with Crippen LogP contribution in [0.4, 0.5) is 5.69 Å². The molecule has 2 N–H and O–H groups in total. The SMILES string of the molecule is C#CCOc1ccccc1/C=N\Nc1cc(C(=O)O)ccc1Cl. The summed E-state index contributed by atoms with van der Waals surface area (Å²) in [5.41, 5.74) is 3.95. The van der Waals surface area contributed by atoms with Crippen molar-refractivity contribution in [1.29, 1.82) is 0 Å². The number of aromatic carboxylic acids is 1. The molecule has 0 unspecified atom stereocenters. The molecule has 6 heteroatoms. The fraction of sp³-hybridized carbons (Fsp3) is 0.0588. The highest BCUT2D eigenvalue weighted by molar-refractivity contribution is 6.33. The van der Waals surface area contributed by atoms with Gasteiger partial charge in [-0.2, -0.15) is 5.10 Å². The van der Waals surface area contributed by atoms with Crippen LogP contribution in [-0.2, 0) is 0 Å². The Morgan fingerprint density at radius 1 is 1.39 bits per heavy atom. The van der Waals surface area contributed by atoms with Gasteiger partial charge in [-0.05, 0) is 30.3 Å². The minimum Gasteiger partial charge on any atom is -0.480 e. The van der Waals surface area contributed by atoms with Crippen LogP contribution in [0.15, 0.2) is 47.6 Å². The summed E-state index contributed by atoms with van der Waals surface area (Å²) in [5.74, 6) is 1.95. The molecule has 0 heterocycles. The number of para-hydroxylation sites is 1. The van der Waals surface area contributed by atoms with Crippen LogP contribution in [0.25, 0.3) is 0 Å². The molecule has 0 saturated carbocycles. The molecular formula is C17H13ClN2O3. The molecule has 116 valence electrons. The molecule has 23 heavy (non-hydrogen) atoms. The minimum absolute atomic E-state index is 0.116. The fourth-order valence-corrected chi connectivity index (χ4v) is 1.91. The van der Waals surface area contributed by atoms with Crippen LogP contribution >= 0.6 is 11.6 Å². The number of nitrogens with one attached hydrogen (secondary N) is 1. The van der Waals surface area contributed by atoms with E-state index in [4.69, 9.17) is 27.9 Å². The van der Waals surface area contributed by atoms with Crippen molar-refractivity contribution < 1.29 is 14.6 Å². The molecule has 0 spiro atoms. The Hall–Kier alpha value is -2.97. The van der Waals surface area contributed by atoms with E-state index in [9.17, 15) is 4.79 Å². The summed E-state index contributed by atoms with van der Waals surface area (Å²) < 4.78 is 5.40. The topological polar surface area (TPSA) is 70.9 Å². The van der Waals surface area contributed by atoms with E-state index in [2.05, 4.69) is 16.4 Å². The molecule has 2 aromatic rings. The van der Waals surface area contributed by atoms with Gasteiger partial charge < -0.3 is 9.84 Å². The number of carboxylic acid groups (broad SMARTS) is 1. The normalized spacial score (nSPS) is 10.3. The minimum atomic E-state index is -1.04. The van der Waals surface area contributed by atoms with Crippen LogP contribution in [-0.4, -0.2) is 23.9 Å². The van der Waals surface area contributed by atoms with Crippen LogP contribution < -0.4 is 10.2 Å². The first-order valence-corrected chi connectivity index (χ1v) is 6.97. The molecule has 5 nitrogen and oxygen atoms in total. The van der Waals surface area contributed by atoms with E-state index in [0.29, 0.717) is 16.5 Å². The van der Waals surface area contributed by atoms with Crippen molar-refractivity contribution in [3.63, 3.8) is 0 Å². The van der Waals surface area contributed by atoms with E-state index >= 15 is 0 Å². The maximum absolute atomic E-state index is 11.0. The molecule has 2 aromatic carbocycles. The number of hydrogen-bond acceptors (Lipinski definition) is 4. The smallest absolute Gasteiger partial charge is 0.335 e. The predicted molar refractivity (Wildman–Crippen MR) is 90.4 cm³/mol. The van der Waals surface area contributed by atoms with E-state index in [0.717, 1.165) is 5.56 Å². The van der Waals surface area contributed by atoms with Crippen LogP contribution in [0.2, 0.25) is 5.02 Å². The predicted octanol–water partition coefficient (Wildman–Crippen LogP) is 3.50. The summed E-state index contributed by atoms with van der Waals surface area (Å²) in [7, 11) is 0. The third-order valence-corrected chi connectivity index (χ3v) is 3.16. The van der Waals surface area contributed by atoms with Crippen molar-refractivity contribution in [3.05, 3.63) is 58.6 Å². The Kier molecular flexibility index (Phi) is 5.61. The van der Waals surface area contributed by atoms with E-state index in [1.54, 1.807) is 6.07 Å². The number of rotatable bonds is 6. The van der Waals surface area contributed by atoms with E-state index in [-0.39, 0.29) is 12.2 Å². The van der Waals surface area contributed by atoms with E-state index in [1.165, 1.54) is 24.4 Å². The molecule has 2 rings (SSSR count). The molecule has 0 aromatic heterocycles. The second-order valence-electron chi connectivity index (χ2n) is 4.40. The lowest BCUT2D eigenvalue weighted by Gasteiger charge is -2.07. The fourth-order valence-electron chi connectivity index (χ4n) is 1.75. The average Bonchev–Trinajstić information content (AvgIpc) is 2.55. The number of terminal acetylenes is 1. The first kappa shape index (κ1) is 16.4. The zero-order chi connectivity index (χ0) is 16.7. The van der Waals surface area contributed by atoms with Gasteiger partial charge in [-0.25, -0.2) is 4.79 Å². The summed E-state index contributed by atoms with van der Waals surface area (Å²) in [5, 5.41) is 13.4. The van der Waals surface area contributed by atoms with E-state index < -0.39 is 5.97 Å². The van der Waals surface area contributed by atoms with Crippen molar-refractivity contribution >= 4 is 29.5 Å². The van der Waals surface area contributed by atoms with Crippen LogP contribution in [0.5, 0.6) is 5.75 Å². The van der Waals surface area contributed by atoms with Gasteiger partial charge in [0.1, 0.15) is 12.4 Å². The second kappa shape index (κ2) is 7.87. The molecule has 0 fully saturated rings. The monoisotopic (exact) mass is 328 g/mol. The quantitative estimate of drug-likeness (QED) is 0.484. The van der Waals surface area contributed by atoms with Gasteiger partial charge in [-0.3, -0.25) is 5.43 Å². The highest BCUT2D eigenvalue weighted by Gasteiger charge is 2.06. The number of anilines is 1. The average molecular weight is 329 g/mol. The third-order valence-electron chi connectivity index (χ3n) is 2.83. The Morgan fingerprint density at radius 3 is 2.91 bits per heavy atom.